The first kappa shape index (κ1) is 30.1. The van der Waals surface area contributed by atoms with E-state index in [2.05, 4.69) is 54.3 Å². The van der Waals surface area contributed by atoms with Gasteiger partial charge in [-0.15, -0.1) is 0 Å². The maximum Gasteiger partial charge on any atom is 0.262 e. The number of aryl methyl sites for hydroxylation is 1. The van der Waals surface area contributed by atoms with E-state index in [4.69, 9.17) is 9.47 Å². The van der Waals surface area contributed by atoms with Gasteiger partial charge in [0.25, 0.3) is 5.91 Å². The number of halogens is 1. The van der Waals surface area contributed by atoms with Crippen molar-refractivity contribution in [3.05, 3.63) is 74.0 Å². The van der Waals surface area contributed by atoms with E-state index >= 15 is 0 Å². The number of carbonyl (C=O) groups excluding carboxylic acids is 3. The lowest BCUT2D eigenvalue weighted by Crippen LogP contribution is -2.42. The van der Waals surface area contributed by atoms with Gasteiger partial charge in [0.05, 0.1) is 11.6 Å². The standard InChI is InChI=1S/C34H39BrN2O5/c1-18-9-8-10-22(19(18)2)37-28(40)17-42-32-21(35)11-20(12-27(32)41-7)29-30-23(13-33(3,4)15-25(30)38)36-24-14-34(5,6)16-26(39)31(24)29/h8-12,29,36H,13-17H2,1-7H3,(H,37,40). The summed E-state index contributed by atoms with van der Waals surface area (Å²) in [5.41, 5.74) is 6.39. The number of hydrogen-bond donors (Lipinski definition) is 2. The molecule has 2 aromatic carbocycles. The average Bonchev–Trinajstić information content (AvgIpc) is 2.87. The Morgan fingerprint density at radius 3 is 2.14 bits per heavy atom. The molecular weight excluding hydrogens is 596 g/mol. The van der Waals surface area contributed by atoms with E-state index in [9.17, 15) is 14.4 Å². The maximum atomic E-state index is 13.7. The molecule has 3 aliphatic rings. The van der Waals surface area contributed by atoms with Crippen LogP contribution in [0.25, 0.3) is 0 Å². The number of benzene rings is 2. The molecule has 2 aliphatic carbocycles. The van der Waals surface area contributed by atoms with Crippen LogP contribution in [-0.2, 0) is 14.4 Å². The Morgan fingerprint density at radius 1 is 0.976 bits per heavy atom. The minimum atomic E-state index is -0.504. The second-order valence-corrected chi connectivity index (χ2v) is 14.2. The third-order valence-electron chi connectivity index (χ3n) is 8.53. The Morgan fingerprint density at radius 2 is 1.57 bits per heavy atom. The molecule has 7 nitrogen and oxygen atoms in total. The van der Waals surface area contributed by atoms with Gasteiger partial charge < -0.3 is 20.1 Å². The zero-order valence-electron chi connectivity index (χ0n) is 25.4. The Labute approximate surface area is 256 Å². The van der Waals surface area contributed by atoms with Gasteiger partial charge in [0.2, 0.25) is 0 Å². The quantitative estimate of drug-likeness (QED) is 0.353. The number of amides is 1. The zero-order chi connectivity index (χ0) is 30.6. The minimum absolute atomic E-state index is 0.0569. The predicted molar refractivity (Wildman–Crippen MR) is 167 cm³/mol. The van der Waals surface area contributed by atoms with Crippen LogP contribution in [0.2, 0.25) is 0 Å². The van der Waals surface area contributed by atoms with Crippen molar-refractivity contribution < 1.29 is 23.9 Å². The predicted octanol–water partition coefficient (Wildman–Crippen LogP) is 7.07. The summed E-state index contributed by atoms with van der Waals surface area (Å²) in [6.07, 6.45) is 2.29. The highest BCUT2D eigenvalue weighted by atomic mass is 79.9. The lowest BCUT2D eigenvalue weighted by Gasteiger charge is -2.44. The van der Waals surface area contributed by atoms with Crippen LogP contribution in [-0.4, -0.2) is 31.2 Å². The number of carbonyl (C=O) groups is 3. The molecular formula is C34H39BrN2O5. The van der Waals surface area contributed by atoms with Crippen molar-refractivity contribution in [3.63, 3.8) is 0 Å². The average molecular weight is 636 g/mol. The van der Waals surface area contributed by atoms with Crippen LogP contribution >= 0.6 is 15.9 Å². The molecule has 0 radical (unpaired) electrons. The summed E-state index contributed by atoms with van der Waals surface area (Å²) >= 11 is 3.63. The number of ketones is 2. The van der Waals surface area contributed by atoms with E-state index < -0.39 is 5.92 Å². The van der Waals surface area contributed by atoms with Crippen molar-refractivity contribution in [1.82, 2.24) is 5.32 Å². The fourth-order valence-corrected chi connectivity index (χ4v) is 7.05. The summed E-state index contributed by atoms with van der Waals surface area (Å²) in [6, 6.07) is 9.46. The number of Topliss-reactive ketones (excluding diaryl/α,β-unsaturated/α-hetero) is 2. The number of dihydropyridines is 1. The number of ether oxygens (including phenoxy) is 2. The van der Waals surface area contributed by atoms with Gasteiger partial charge in [-0.3, -0.25) is 14.4 Å². The van der Waals surface area contributed by atoms with E-state index in [1.807, 2.05) is 44.2 Å². The van der Waals surface area contributed by atoms with Crippen molar-refractivity contribution in [2.75, 3.05) is 19.0 Å². The smallest absolute Gasteiger partial charge is 0.262 e. The zero-order valence-corrected chi connectivity index (χ0v) is 27.0. The van der Waals surface area contributed by atoms with E-state index in [-0.39, 0.29) is 34.9 Å². The molecule has 5 rings (SSSR count). The van der Waals surface area contributed by atoms with Gasteiger partial charge in [0, 0.05) is 47.0 Å². The van der Waals surface area contributed by atoms with Crippen LogP contribution < -0.4 is 20.1 Å². The van der Waals surface area contributed by atoms with Gasteiger partial charge in [-0.25, -0.2) is 0 Å². The van der Waals surface area contributed by atoms with Crippen LogP contribution in [0.15, 0.2) is 57.3 Å². The third kappa shape index (κ3) is 5.78. The molecule has 0 atom stereocenters. The first-order chi connectivity index (χ1) is 19.7. The van der Waals surface area contributed by atoms with Crippen molar-refractivity contribution in [3.8, 4) is 11.5 Å². The topological polar surface area (TPSA) is 93.7 Å². The number of anilines is 1. The highest BCUT2D eigenvalue weighted by Gasteiger charge is 2.46. The van der Waals surface area contributed by atoms with E-state index in [0.717, 1.165) is 46.6 Å². The molecule has 42 heavy (non-hydrogen) atoms. The number of hydrogen-bond acceptors (Lipinski definition) is 6. The van der Waals surface area contributed by atoms with E-state index in [0.29, 0.717) is 40.0 Å². The van der Waals surface area contributed by atoms with Crippen LogP contribution in [0.1, 0.15) is 76.0 Å². The van der Waals surface area contributed by atoms with Crippen molar-refractivity contribution in [2.24, 2.45) is 10.8 Å². The molecule has 8 heteroatoms. The molecule has 1 aliphatic heterocycles. The number of rotatable bonds is 6. The molecule has 1 amide bonds. The van der Waals surface area contributed by atoms with Crippen molar-refractivity contribution in [1.29, 1.82) is 0 Å². The lowest BCUT2D eigenvalue weighted by molar-refractivity contribution is -0.119. The molecule has 222 valence electrons. The molecule has 0 bridgehead atoms. The maximum absolute atomic E-state index is 13.7. The highest BCUT2D eigenvalue weighted by molar-refractivity contribution is 9.10. The first-order valence-electron chi connectivity index (χ1n) is 14.4. The number of nitrogens with one attached hydrogen (secondary N) is 2. The Balaban J connectivity index is 1.50. The Kier molecular flexibility index (Phi) is 7.90. The summed E-state index contributed by atoms with van der Waals surface area (Å²) in [6.45, 7) is 12.2. The molecule has 0 aromatic heterocycles. The summed E-state index contributed by atoms with van der Waals surface area (Å²) in [4.78, 5) is 40.1. The normalized spacial score (nSPS) is 19.6. The molecule has 2 N–H and O–H groups in total. The first-order valence-corrected chi connectivity index (χ1v) is 15.1. The fourth-order valence-electron chi connectivity index (χ4n) is 6.48. The fraction of sp³-hybridized carbons (Fsp3) is 0.441. The van der Waals surface area contributed by atoms with Crippen LogP contribution in [0.3, 0.4) is 0 Å². The van der Waals surface area contributed by atoms with E-state index in [1.54, 1.807) is 0 Å². The van der Waals surface area contributed by atoms with Gasteiger partial charge in [0.15, 0.2) is 29.7 Å². The summed E-state index contributed by atoms with van der Waals surface area (Å²) in [5, 5.41) is 6.46. The van der Waals surface area contributed by atoms with Gasteiger partial charge >= 0.3 is 0 Å². The summed E-state index contributed by atoms with van der Waals surface area (Å²) in [7, 11) is 1.54. The van der Waals surface area contributed by atoms with Crippen molar-refractivity contribution >= 4 is 39.1 Å². The molecule has 0 unspecified atom stereocenters. The largest absolute Gasteiger partial charge is 0.493 e. The van der Waals surface area contributed by atoms with Gasteiger partial charge in [0.1, 0.15) is 0 Å². The molecule has 0 saturated heterocycles. The highest BCUT2D eigenvalue weighted by Crippen LogP contribution is 2.52. The minimum Gasteiger partial charge on any atom is -0.493 e. The monoisotopic (exact) mass is 634 g/mol. The number of allylic oxidation sites excluding steroid dienone is 4. The summed E-state index contributed by atoms with van der Waals surface area (Å²) in [5.74, 6) is 0.101. The molecule has 0 spiro atoms. The van der Waals surface area contributed by atoms with Crippen LogP contribution in [0, 0.1) is 24.7 Å². The van der Waals surface area contributed by atoms with Gasteiger partial charge in [-0.1, -0.05) is 39.8 Å². The second kappa shape index (κ2) is 11.0. The van der Waals surface area contributed by atoms with Crippen LogP contribution in [0.4, 0.5) is 5.69 Å². The number of methoxy groups -OCH3 is 1. The van der Waals surface area contributed by atoms with Crippen molar-refractivity contribution in [2.45, 2.75) is 73.1 Å². The molecule has 0 saturated carbocycles. The Bertz CT molecular complexity index is 1510. The Hall–Kier alpha value is -3.39. The molecule has 0 fully saturated rings. The SMILES string of the molecule is COc1cc(C2C3=C(CC(C)(C)CC3=O)NC3=C2C(=O)CC(C)(C)C3)cc(Br)c1OCC(=O)Nc1cccc(C)c1C. The van der Waals surface area contributed by atoms with Gasteiger partial charge in [-0.2, -0.15) is 0 Å². The third-order valence-corrected chi connectivity index (χ3v) is 9.12. The lowest BCUT2D eigenvalue weighted by atomic mass is 9.64. The molecule has 1 heterocycles. The summed E-state index contributed by atoms with van der Waals surface area (Å²) < 4.78 is 12.3. The van der Waals surface area contributed by atoms with E-state index in [1.165, 1.54) is 7.11 Å². The van der Waals surface area contributed by atoms with Gasteiger partial charge in [-0.05, 0) is 88.3 Å². The van der Waals surface area contributed by atoms with Crippen LogP contribution in [0.5, 0.6) is 11.5 Å². The second-order valence-electron chi connectivity index (χ2n) is 13.3. The molecule has 2 aromatic rings.